The molecule has 16 unspecified atom stereocenters. The Hall–Kier alpha value is -4.79. The predicted octanol–water partition coefficient (Wildman–Crippen LogP) is 0.856. The molecule has 1 aliphatic carbocycles. The van der Waals surface area contributed by atoms with Crippen LogP contribution in [0.4, 0.5) is 0 Å². The summed E-state index contributed by atoms with van der Waals surface area (Å²) in [4.78, 5) is 41.1. The maximum absolute atomic E-state index is 13.8. The lowest BCUT2D eigenvalue weighted by atomic mass is 9.85. The number of benzene rings is 3. The monoisotopic (exact) mass is 820 g/mol. The van der Waals surface area contributed by atoms with Gasteiger partial charge >= 0.3 is 17.9 Å². The van der Waals surface area contributed by atoms with Gasteiger partial charge in [-0.2, -0.15) is 0 Å². The summed E-state index contributed by atoms with van der Waals surface area (Å²) in [5.41, 5.74) is -0.787. The van der Waals surface area contributed by atoms with Gasteiger partial charge in [0.15, 0.2) is 30.9 Å². The molecule has 0 amide bonds. The minimum Gasteiger partial charge on any atom is -0.472 e. The zero-order valence-corrected chi connectivity index (χ0v) is 31.5. The minimum absolute atomic E-state index is 0.155. The van der Waals surface area contributed by atoms with Crippen LogP contribution in [0.2, 0.25) is 0 Å². The van der Waals surface area contributed by atoms with Crippen LogP contribution in [0.1, 0.15) is 38.0 Å². The van der Waals surface area contributed by atoms with E-state index in [9.17, 15) is 39.9 Å². The van der Waals surface area contributed by atoms with Crippen molar-refractivity contribution in [1.82, 2.24) is 0 Å². The molecule has 0 radical (unpaired) electrons. The highest BCUT2D eigenvalue weighted by molar-refractivity contribution is 5.91. The number of aliphatic hydroxyl groups is 5. The van der Waals surface area contributed by atoms with Gasteiger partial charge in [0.05, 0.1) is 54.3 Å². The zero-order valence-electron chi connectivity index (χ0n) is 31.5. The van der Waals surface area contributed by atoms with Crippen molar-refractivity contribution in [3.8, 4) is 0 Å². The fraction of sp³-hybridized carbons (Fsp3) is 0.452. The minimum atomic E-state index is -1.74. The molecule has 4 aliphatic heterocycles. The first kappa shape index (κ1) is 41.0. The Balaban J connectivity index is 1.11. The van der Waals surface area contributed by atoms with E-state index in [0.717, 1.165) is 0 Å². The van der Waals surface area contributed by atoms with Gasteiger partial charge in [-0.05, 0) is 49.4 Å². The summed E-state index contributed by atoms with van der Waals surface area (Å²) >= 11 is 0. The average molecular weight is 821 g/mol. The molecule has 314 valence electrons. The van der Waals surface area contributed by atoms with Gasteiger partial charge in [-0.25, -0.2) is 14.4 Å². The van der Waals surface area contributed by atoms with E-state index < -0.39 is 128 Å². The second-order valence-electron chi connectivity index (χ2n) is 14.9. The third-order valence-electron chi connectivity index (χ3n) is 11.4. The number of esters is 3. The van der Waals surface area contributed by atoms with Crippen LogP contribution in [0, 0.1) is 11.8 Å². The Morgan fingerprint density at radius 1 is 0.627 bits per heavy atom. The van der Waals surface area contributed by atoms with E-state index in [0.29, 0.717) is 0 Å². The molecule has 4 heterocycles. The van der Waals surface area contributed by atoms with Crippen LogP contribution in [-0.4, -0.2) is 142 Å². The summed E-state index contributed by atoms with van der Waals surface area (Å²) in [5, 5.41) is 51.9. The summed E-state index contributed by atoms with van der Waals surface area (Å²) in [6, 6.07) is 24.3. The Morgan fingerprint density at radius 2 is 1.17 bits per heavy atom. The Morgan fingerprint density at radius 3 is 1.71 bits per heavy atom. The van der Waals surface area contributed by atoms with Crippen LogP contribution in [0.3, 0.4) is 0 Å². The average Bonchev–Trinajstić information content (AvgIpc) is 3.94. The van der Waals surface area contributed by atoms with Crippen molar-refractivity contribution < 1.29 is 82.5 Å². The molecule has 8 rings (SSSR count). The van der Waals surface area contributed by atoms with Crippen LogP contribution in [0.15, 0.2) is 103 Å². The Labute approximate surface area is 337 Å². The molecule has 5 aliphatic rings. The van der Waals surface area contributed by atoms with Gasteiger partial charge in [-0.1, -0.05) is 54.6 Å². The predicted molar refractivity (Wildman–Crippen MR) is 197 cm³/mol. The summed E-state index contributed by atoms with van der Waals surface area (Å²) in [7, 11) is 0. The summed E-state index contributed by atoms with van der Waals surface area (Å²) in [6.07, 6.45) is -14.9. The molecular weight excluding hydrogens is 776 g/mol. The summed E-state index contributed by atoms with van der Waals surface area (Å²) < 4.78 is 54.8. The fourth-order valence-corrected chi connectivity index (χ4v) is 8.27. The molecule has 0 aromatic heterocycles. The molecule has 4 fully saturated rings. The largest absolute Gasteiger partial charge is 0.472 e. The Bertz CT molecular complexity index is 1960. The number of aliphatic hydroxyl groups excluding tert-OH is 5. The Kier molecular flexibility index (Phi) is 11.8. The van der Waals surface area contributed by atoms with Crippen LogP contribution >= 0.6 is 0 Å². The van der Waals surface area contributed by atoms with E-state index >= 15 is 0 Å². The lowest BCUT2D eigenvalue weighted by molar-refractivity contribution is -0.346. The lowest BCUT2D eigenvalue weighted by Crippen LogP contribution is -2.62. The molecule has 17 nitrogen and oxygen atoms in total. The number of ether oxygens (including phenoxy) is 9. The van der Waals surface area contributed by atoms with E-state index in [1.807, 2.05) is 0 Å². The van der Waals surface area contributed by atoms with Crippen LogP contribution in [0.25, 0.3) is 0 Å². The highest BCUT2D eigenvalue weighted by Gasteiger charge is 2.77. The molecular formula is C42H44O17. The second kappa shape index (κ2) is 17.1. The highest BCUT2D eigenvalue weighted by Crippen LogP contribution is 2.61. The molecule has 0 spiro atoms. The first-order chi connectivity index (χ1) is 28.5. The molecule has 1 saturated carbocycles. The molecule has 3 aromatic rings. The van der Waals surface area contributed by atoms with Crippen molar-refractivity contribution in [3.05, 3.63) is 120 Å². The van der Waals surface area contributed by atoms with Crippen LogP contribution in [0.5, 0.6) is 0 Å². The SMILES string of the molecule is CC1OC(OC2C3C=COC(OC4OC(CO)C(O)C(O)C4O)C3C3(CO)OC23)C(OC(=O)c2ccccc2)C(OC(=O)c2ccccc2)C1OC(=O)c1ccccc1. The number of carbonyl (C=O) groups is 3. The van der Waals surface area contributed by atoms with Gasteiger partial charge in [-0.15, -0.1) is 0 Å². The third-order valence-corrected chi connectivity index (χ3v) is 11.4. The van der Waals surface area contributed by atoms with E-state index in [1.165, 1.54) is 30.5 Å². The van der Waals surface area contributed by atoms with Gasteiger partial charge in [-0.3, -0.25) is 0 Å². The lowest BCUT2D eigenvalue weighted by Gasteiger charge is -2.45. The van der Waals surface area contributed by atoms with E-state index in [4.69, 9.17) is 42.6 Å². The standard InChI is InChI=1S/C42H44O17/c1-21-31(54-36(48)22-11-5-2-6-12-22)33(55-37(49)23-13-7-3-8-14-23)34(56-38(50)24-15-9-4-10-16-24)41(52-21)57-32-25-17-18-51-39(27(25)42(20-44)35(32)59-42)58-40-30(47)29(46)28(45)26(19-43)53-40/h2-18,21,25-35,39-41,43-47H,19-20H2,1H3. The molecule has 17 heteroatoms. The molecule has 59 heavy (non-hydrogen) atoms. The fourth-order valence-electron chi connectivity index (χ4n) is 8.27. The van der Waals surface area contributed by atoms with Gasteiger partial charge in [0, 0.05) is 5.92 Å². The first-order valence-electron chi connectivity index (χ1n) is 19.2. The van der Waals surface area contributed by atoms with Crippen LogP contribution < -0.4 is 0 Å². The van der Waals surface area contributed by atoms with Gasteiger partial charge in [0.25, 0.3) is 0 Å². The molecule has 5 N–H and O–H groups in total. The number of hydrogen-bond donors (Lipinski definition) is 5. The third kappa shape index (κ3) is 7.86. The summed E-state index contributed by atoms with van der Waals surface area (Å²) in [6.45, 7) is 0.362. The number of hydrogen-bond acceptors (Lipinski definition) is 17. The van der Waals surface area contributed by atoms with Crippen molar-refractivity contribution in [2.75, 3.05) is 13.2 Å². The van der Waals surface area contributed by atoms with Crippen LogP contribution in [-0.2, 0) is 42.6 Å². The summed E-state index contributed by atoms with van der Waals surface area (Å²) in [5.74, 6) is -3.89. The van der Waals surface area contributed by atoms with Crippen molar-refractivity contribution in [1.29, 1.82) is 0 Å². The van der Waals surface area contributed by atoms with Crippen molar-refractivity contribution in [2.45, 2.75) is 92.4 Å². The molecule has 3 aromatic carbocycles. The molecule has 0 bridgehead atoms. The second-order valence-corrected chi connectivity index (χ2v) is 14.9. The normalized spacial score (nSPS) is 38.2. The topological polar surface area (TPSA) is 239 Å². The molecule has 3 saturated heterocycles. The first-order valence-corrected chi connectivity index (χ1v) is 19.2. The van der Waals surface area contributed by atoms with E-state index in [2.05, 4.69) is 0 Å². The van der Waals surface area contributed by atoms with Crippen molar-refractivity contribution >= 4 is 17.9 Å². The smallest absolute Gasteiger partial charge is 0.338 e. The van der Waals surface area contributed by atoms with Gasteiger partial charge in [0.2, 0.25) is 6.29 Å². The maximum Gasteiger partial charge on any atom is 0.338 e. The maximum atomic E-state index is 13.8. The van der Waals surface area contributed by atoms with Gasteiger partial charge < -0.3 is 68.2 Å². The number of carbonyl (C=O) groups excluding carboxylic acids is 3. The van der Waals surface area contributed by atoms with E-state index in [1.54, 1.807) is 79.7 Å². The zero-order chi connectivity index (χ0) is 41.4. The van der Waals surface area contributed by atoms with E-state index in [-0.39, 0.29) is 16.7 Å². The van der Waals surface area contributed by atoms with Crippen molar-refractivity contribution in [2.24, 2.45) is 11.8 Å². The number of rotatable bonds is 12. The quantitative estimate of drug-likeness (QED) is 0.0967. The molecule has 16 atom stereocenters. The number of fused-ring (bicyclic) bond motifs is 3. The number of epoxide rings is 1. The highest BCUT2D eigenvalue weighted by atomic mass is 16.8. The van der Waals surface area contributed by atoms with Gasteiger partial charge in [0.1, 0.15) is 36.1 Å². The van der Waals surface area contributed by atoms with Crippen molar-refractivity contribution in [3.63, 3.8) is 0 Å².